The lowest BCUT2D eigenvalue weighted by Gasteiger charge is -2.39. The maximum absolute atomic E-state index is 11.7. The van der Waals surface area contributed by atoms with Crippen LogP contribution in [0.25, 0.3) is 0 Å². The fraction of sp³-hybridized carbons (Fsp3) is 0.280. The van der Waals surface area contributed by atoms with Crippen LogP contribution in [-0.2, 0) is 0 Å². The third-order valence-corrected chi connectivity index (χ3v) is 9.90. The number of nitro groups is 2. The zero-order valence-electron chi connectivity index (χ0n) is 19.3. The number of methoxy groups -OCH3 is 1. The van der Waals surface area contributed by atoms with Gasteiger partial charge in [0.2, 0.25) is 0 Å². The zero-order valence-corrected chi connectivity index (χ0v) is 22.4. The SMILES string of the molecule is COc1cc([N+](=O)[O-])cc2c1N[C@@H](c1cccc(Cl)c1Cl)[C@@H]1C[C@@H](Sc3ccccc3[N+](=O)[O-])[C@@H](Cl)[C@H]21. The number of thioether (sulfide) groups is 1. The Morgan fingerprint density at radius 3 is 2.49 bits per heavy atom. The van der Waals surface area contributed by atoms with Gasteiger partial charge in [-0.3, -0.25) is 20.2 Å². The molecule has 5 rings (SSSR count). The summed E-state index contributed by atoms with van der Waals surface area (Å²) >= 11 is 21.5. The van der Waals surface area contributed by atoms with Crippen molar-refractivity contribution in [3.05, 3.63) is 96.0 Å². The predicted octanol–water partition coefficient (Wildman–Crippen LogP) is 7.86. The van der Waals surface area contributed by atoms with E-state index in [1.54, 1.807) is 24.3 Å². The normalized spacial score (nSPS) is 24.1. The summed E-state index contributed by atoms with van der Waals surface area (Å²) in [7, 11) is 1.45. The Labute approximate surface area is 231 Å². The predicted molar refractivity (Wildman–Crippen MR) is 146 cm³/mol. The molecule has 0 aromatic heterocycles. The number of non-ortho nitro benzene ring substituents is 1. The van der Waals surface area contributed by atoms with Crippen LogP contribution < -0.4 is 10.1 Å². The first kappa shape index (κ1) is 25.9. The average Bonchev–Trinajstić information content (AvgIpc) is 3.20. The van der Waals surface area contributed by atoms with Crippen molar-refractivity contribution >= 4 is 63.6 Å². The van der Waals surface area contributed by atoms with Gasteiger partial charge in [-0.1, -0.05) is 47.5 Å². The van der Waals surface area contributed by atoms with Crippen LogP contribution >= 0.6 is 46.6 Å². The zero-order chi connectivity index (χ0) is 26.4. The molecule has 0 radical (unpaired) electrons. The minimum atomic E-state index is -0.483. The van der Waals surface area contributed by atoms with Gasteiger partial charge in [-0.05, 0) is 35.6 Å². The number of ether oxygens (including phenoxy) is 1. The quantitative estimate of drug-likeness (QED) is 0.180. The summed E-state index contributed by atoms with van der Waals surface area (Å²) in [6, 6.07) is 14.5. The van der Waals surface area contributed by atoms with E-state index in [9.17, 15) is 20.2 Å². The molecule has 1 aliphatic heterocycles. The van der Waals surface area contributed by atoms with E-state index >= 15 is 0 Å². The molecule has 1 fully saturated rings. The van der Waals surface area contributed by atoms with Gasteiger partial charge < -0.3 is 10.1 Å². The second-order valence-electron chi connectivity index (χ2n) is 8.89. The number of halogens is 3. The second kappa shape index (κ2) is 10.2. The largest absolute Gasteiger partial charge is 0.494 e. The maximum atomic E-state index is 11.7. The first-order valence-corrected chi connectivity index (χ1v) is 13.4. The molecule has 1 heterocycles. The van der Waals surface area contributed by atoms with Crippen LogP contribution in [0.5, 0.6) is 5.75 Å². The van der Waals surface area contributed by atoms with Crippen molar-refractivity contribution in [2.45, 2.75) is 33.9 Å². The number of anilines is 1. The molecule has 3 aromatic rings. The van der Waals surface area contributed by atoms with E-state index in [0.717, 1.165) is 5.56 Å². The summed E-state index contributed by atoms with van der Waals surface area (Å²) in [5.41, 5.74) is 1.97. The number of alkyl halides is 1. The third kappa shape index (κ3) is 4.58. The van der Waals surface area contributed by atoms with E-state index in [-0.39, 0.29) is 34.5 Å². The molecule has 0 amide bonds. The molecule has 0 unspecified atom stereocenters. The van der Waals surface area contributed by atoms with Crippen molar-refractivity contribution in [3.8, 4) is 5.75 Å². The van der Waals surface area contributed by atoms with Crippen LogP contribution in [0.2, 0.25) is 10.0 Å². The number of benzene rings is 3. The van der Waals surface area contributed by atoms with Crippen LogP contribution in [0.3, 0.4) is 0 Å². The van der Waals surface area contributed by atoms with E-state index in [1.807, 2.05) is 12.1 Å². The van der Waals surface area contributed by atoms with Crippen molar-refractivity contribution < 1.29 is 14.6 Å². The van der Waals surface area contributed by atoms with Gasteiger partial charge in [-0.15, -0.1) is 23.4 Å². The van der Waals surface area contributed by atoms with Crippen molar-refractivity contribution in [1.82, 2.24) is 0 Å². The number of nitrogens with one attached hydrogen (secondary N) is 1. The summed E-state index contributed by atoms with van der Waals surface area (Å²) in [4.78, 5) is 23.0. The maximum Gasteiger partial charge on any atom is 0.282 e. The minimum Gasteiger partial charge on any atom is -0.494 e. The molecular formula is C25H20Cl3N3O5S. The van der Waals surface area contributed by atoms with E-state index in [4.69, 9.17) is 39.5 Å². The third-order valence-electron chi connectivity index (χ3n) is 6.96. The van der Waals surface area contributed by atoms with E-state index in [0.29, 0.717) is 38.4 Å². The number of hydrogen-bond acceptors (Lipinski definition) is 7. The topological polar surface area (TPSA) is 108 Å². The van der Waals surface area contributed by atoms with Crippen molar-refractivity contribution in [2.75, 3.05) is 12.4 Å². The van der Waals surface area contributed by atoms with E-state index < -0.39 is 15.2 Å². The van der Waals surface area contributed by atoms with Crippen molar-refractivity contribution in [2.24, 2.45) is 5.92 Å². The highest BCUT2D eigenvalue weighted by Gasteiger charge is 2.52. The molecule has 1 aliphatic carbocycles. The summed E-state index contributed by atoms with van der Waals surface area (Å²) in [6.07, 6.45) is 0.584. The Morgan fingerprint density at radius 2 is 1.78 bits per heavy atom. The lowest BCUT2D eigenvalue weighted by atomic mass is 9.77. The highest BCUT2D eigenvalue weighted by atomic mass is 35.5. The van der Waals surface area contributed by atoms with Crippen LogP contribution in [0.15, 0.2) is 59.5 Å². The number of nitrogens with zero attached hydrogens (tertiary/aromatic N) is 2. The molecular weight excluding hydrogens is 561 g/mol. The molecule has 0 bridgehead atoms. The molecule has 1 N–H and O–H groups in total. The molecule has 12 heteroatoms. The van der Waals surface area contributed by atoms with Gasteiger partial charge in [0.1, 0.15) is 5.75 Å². The molecule has 2 aliphatic rings. The summed E-state index contributed by atoms with van der Waals surface area (Å²) < 4.78 is 5.54. The summed E-state index contributed by atoms with van der Waals surface area (Å²) in [5, 5.41) is 26.9. The van der Waals surface area contributed by atoms with Gasteiger partial charge in [0.15, 0.2) is 0 Å². The van der Waals surface area contributed by atoms with Crippen LogP contribution in [0.1, 0.15) is 29.5 Å². The van der Waals surface area contributed by atoms with E-state index in [1.165, 1.54) is 37.1 Å². The molecule has 37 heavy (non-hydrogen) atoms. The van der Waals surface area contributed by atoms with Gasteiger partial charge in [0, 0.05) is 23.3 Å². The monoisotopic (exact) mass is 579 g/mol. The lowest BCUT2D eigenvalue weighted by Crippen LogP contribution is -2.31. The van der Waals surface area contributed by atoms with Crippen molar-refractivity contribution in [1.29, 1.82) is 0 Å². The van der Waals surface area contributed by atoms with E-state index in [2.05, 4.69) is 5.32 Å². The number of para-hydroxylation sites is 1. The Hall–Kier alpha value is -2.72. The standard InChI is InChI=1S/C25H20Cl3N3O5S/c1-36-18-10-12(30(32)33)9-14-21-15(24(29-25(14)18)13-5-4-6-16(26)22(13)27)11-20(23(21)28)37-19-8-3-2-7-17(19)31(34)35/h2-10,15,20-21,23-24,29H,11H2,1H3/t15-,20-,21-,23-,24+/m1/s1. The minimum absolute atomic E-state index is 0.0107. The molecule has 5 atom stereocenters. The number of fused-ring (bicyclic) bond motifs is 3. The summed E-state index contributed by atoms with van der Waals surface area (Å²) in [6.45, 7) is 0. The highest BCUT2D eigenvalue weighted by Crippen LogP contribution is 2.60. The first-order chi connectivity index (χ1) is 17.7. The van der Waals surface area contributed by atoms with Crippen LogP contribution in [0, 0.1) is 26.1 Å². The molecule has 1 saturated carbocycles. The highest BCUT2D eigenvalue weighted by molar-refractivity contribution is 8.00. The van der Waals surface area contributed by atoms with Gasteiger partial charge in [0.05, 0.1) is 55.1 Å². The average molecular weight is 581 g/mol. The van der Waals surface area contributed by atoms with Gasteiger partial charge in [0.25, 0.3) is 11.4 Å². The first-order valence-electron chi connectivity index (χ1n) is 11.3. The van der Waals surface area contributed by atoms with Gasteiger partial charge >= 0.3 is 0 Å². The van der Waals surface area contributed by atoms with Crippen molar-refractivity contribution in [3.63, 3.8) is 0 Å². The second-order valence-corrected chi connectivity index (χ2v) is 11.5. The number of nitro benzene ring substituents is 2. The molecule has 0 saturated heterocycles. The van der Waals surface area contributed by atoms with Gasteiger partial charge in [-0.25, -0.2) is 0 Å². The number of hydrogen-bond donors (Lipinski definition) is 1. The smallest absolute Gasteiger partial charge is 0.282 e. The Kier molecular flexibility index (Phi) is 7.15. The van der Waals surface area contributed by atoms with Crippen LogP contribution in [-0.4, -0.2) is 27.6 Å². The van der Waals surface area contributed by atoms with Gasteiger partial charge in [-0.2, -0.15) is 0 Å². The fourth-order valence-corrected chi connectivity index (χ4v) is 7.75. The Balaban J connectivity index is 1.63. The molecule has 0 spiro atoms. The van der Waals surface area contributed by atoms with Crippen LogP contribution in [0.4, 0.5) is 17.1 Å². The Morgan fingerprint density at radius 1 is 1.03 bits per heavy atom. The lowest BCUT2D eigenvalue weighted by molar-refractivity contribution is -0.387. The molecule has 3 aromatic carbocycles. The molecule has 8 nitrogen and oxygen atoms in total. The Bertz CT molecular complexity index is 1410. The molecule has 192 valence electrons. The fourth-order valence-electron chi connectivity index (χ4n) is 5.38. The number of rotatable bonds is 6. The summed E-state index contributed by atoms with van der Waals surface area (Å²) in [5.74, 6) is -0.116.